The summed E-state index contributed by atoms with van der Waals surface area (Å²) >= 11 is 0. The predicted molar refractivity (Wildman–Crippen MR) is 116 cm³/mol. The number of pyridine rings is 1. The van der Waals surface area contributed by atoms with E-state index in [1.807, 2.05) is 48.5 Å². The van der Waals surface area contributed by atoms with Crippen LogP contribution < -0.4 is 15.6 Å². The van der Waals surface area contributed by atoms with Gasteiger partial charge in [-0.3, -0.25) is 9.59 Å². The molecule has 0 atom stereocenters. The molecule has 0 bridgehead atoms. The quantitative estimate of drug-likeness (QED) is 0.503. The summed E-state index contributed by atoms with van der Waals surface area (Å²) in [6, 6.07) is 20.7. The second-order valence-corrected chi connectivity index (χ2v) is 6.64. The summed E-state index contributed by atoms with van der Waals surface area (Å²) in [5.74, 6) is 0.233. The SMILES string of the molecule is C=CCn1ccc2c(OCC(=O)Nc3cccc4ccccc34)cccc2c1=O. The number of carbonyl (C=O) groups excluding carboxylic acids is 1. The van der Waals surface area contributed by atoms with Crippen LogP contribution in [0.5, 0.6) is 5.75 Å². The molecule has 1 amide bonds. The van der Waals surface area contributed by atoms with Crippen LogP contribution >= 0.6 is 0 Å². The fourth-order valence-corrected chi connectivity index (χ4v) is 3.36. The first-order valence-electron chi connectivity index (χ1n) is 9.31. The van der Waals surface area contributed by atoms with Crippen molar-refractivity contribution in [2.24, 2.45) is 0 Å². The third-order valence-electron chi connectivity index (χ3n) is 4.73. The lowest BCUT2D eigenvalue weighted by Gasteiger charge is -2.12. The van der Waals surface area contributed by atoms with Crippen molar-refractivity contribution >= 4 is 33.1 Å². The minimum Gasteiger partial charge on any atom is -0.483 e. The van der Waals surface area contributed by atoms with Crippen molar-refractivity contribution in [1.29, 1.82) is 0 Å². The second kappa shape index (κ2) is 8.02. The molecule has 144 valence electrons. The average molecular weight is 384 g/mol. The van der Waals surface area contributed by atoms with E-state index >= 15 is 0 Å². The highest BCUT2D eigenvalue weighted by Crippen LogP contribution is 2.24. The molecule has 0 fully saturated rings. The van der Waals surface area contributed by atoms with Gasteiger partial charge in [0.2, 0.25) is 0 Å². The van der Waals surface area contributed by atoms with Crippen LogP contribution in [0.4, 0.5) is 5.69 Å². The molecule has 1 N–H and O–H groups in total. The summed E-state index contributed by atoms with van der Waals surface area (Å²) in [6.45, 7) is 3.95. The number of amides is 1. The van der Waals surface area contributed by atoms with Gasteiger partial charge in [0.1, 0.15) is 5.75 Å². The van der Waals surface area contributed by atoms with Gasteiger partial charge in [-0.2, -0.15) is 0 Å². The van der Waals surface area contributed by atoms with E-state index in [4.69, 9.17) is 4.74 Å². The number of nitrogens with zero attached hydrogens (tertiary/aromatic N) is 1. The zero-order valence-electron chi connectivity index (χ0n) is 15.8. The summed E-state index contributed by atoms with van der Waals surface area (Å²) in [5, 5.41) is 6.14. The largest absolute Gasteiger partial charge is 0.483 e. The van der Waals surface area contributed by atoms with Crippen LogP contribution in [0.2, 0.25) is 0 Å². The fourth-order valence-electron chi connectivity index (χ4n) is 3.36. The molecule has 0 saturated heterocycles. The smallest absolute Gasteiger partial charge is 0.262 e. The van der Waals surface area contributed by atoms with E-state index in [1.165, 1.54) is 0 Å². The number of carbonyl (C=O) groups is 1. The molecule has 0 radical (unpaired) electrons. The maximum absolute atomic E-state index is 12.6. The highest BCUT2D eigenvalue weighted by molar-refractivity contribution is 6.02. The number of fused-ring (bicyclic) bond motifs is 2. The molecule has 0 aliphatic carbocycles. The Labute approximate surface area is 167 Å². The van der Waals surface area contributed by atoms with Crippen molar-refractivity contribution in [1.82, 2.24) is 4.57 Å². The summed E-state index contributed by atoms with van der Waals surface area (Å²) < 4.78 is 7.32. The van der Waals surface area contributed by atoms with E-state index in [2.05, 4.69) is 11.9 Å². The van der Waals surface area contributed by atoms with Gasteiger partial charge in [-0.1, -0.05) is 48.5 Å². The number of nitrogens with one attached hydrogen (secondary N) is 1. The van der Waals surface area contributed by atoms with Crippen molar-refractivity contribution in [2.75, 3.05) is 11.9 Å². The van der Waals surface area contributed by atoms with Gasteiger partial charge < -0.3 is 14.6 Å². The van der Waals surface area contributed by atoms with Gasteiger partial charge in [-0.05, 0) is 29.7 Å². The number of aromatic nitrogens is 1. The van der Waals surface area contributed by atoms with E-state index in [0.29, 0.717) is 23.1 Å². The molecule has 0 saturated carbocycles. The third-order valence-corrected chi connectivity index (χ3v) is 4.73. The van der Waals surface area contributed by atoms with Gasteiger partial charge in [-0.25, -0.2) is 0 Å². The number of hydrogen-bond donors (Lipinski definition) is 1. The molecule has 0 aliphatic rings. The molecule has 5 nitrogen and oxygen atoms in total. The standard InChI is InChI=1S/C24H20N2O3/c1-2-14-26-15-13-19-20(24(26)28)10-6-12-22(19)29-16-23(27)25-21-11-5-8-17-7-3-4-9-18(17)21/h2-13,15H,1,14,16H2,(H,25,27). The molecular formula is C24H20N2O3. The van der Waals surface area contributed by atoms with Crippen LogP contribution in [0.25, 0.3) is 21.5 Å². The summed E-state index contributed by atoms with van der Waals surface area (Å²) in [4.78, 5) is 25.0. The Bertz CT molecular complexity index is 1270. The molecule has 29 heavy (non-hydrogen) atoms. The van der Waals surface area contributed by atoms with E-state index in [1.54, 1.807) is 35.0 Å². The normalized spacial score (nSPS) is 10.8. The van der Waals surface area contributed by atoms with Gasteiger partial charge in [0, 0.05) is 29.2 Å². The Hall–Kier alpha value is -3.86. The van der Waals surface area contributed by atoms with E-state index in [9.17, 15) is 9.59 Å². The summed E-state index contributed by atoms with van der Waals surface area (Å²) in [6.07, 6.45) is 3.38. The molecule has 1 aromatic heterocycles. The lowest BCUT2D eigenvalue weighted by Crippen LogP contribution is -2.21. The van der Waals surface area contributed by atoms with Crippen LogP contribution in [0, 0.1) is 0 Å². The van der Waals surface area contributed by atoms with E-state index in [0.717, 1.165) is 16.5 Å². The number of ether oxygens (including phenoxy) is 1. The highest BCUT2D eigenvalue weighted by atomic mass is 16.5. The lowest BCUT2D eigenvalue weighted by molar-refractivity contribution is -0.118. The minimum atomic E-state index is -0.265. The van der Waals surface area contributed by atoms with Gasteiger partial charge in [-0.15, -0.1) is 6.58 Å². The van der Waals surface area contributed by atoms with Crippen molar-refractivity contribution in [2.45, 2.75) is 6.54 Å². The fraction of sp³-hybridized carbons (Fsp3) is 0.0833. The molecular weight excluding hydrogens is 364 g/mol. The first kappa shape index (κ1) is 18.5. The van der Waals surface area contributed by atoms with Crippen LogP contribution in [0.3, 0.4) is 0 Å². The van der Waals surface area contributed by atoms with Crippen molar-refractivity contribution in [3.8, 4) is 5.75 Å². The molecule has 5 heteroatoms. The summed E-state index contributed by atoms with van der Waals surface area (Å²) in [7, 11) is 0. The predicted octanol–water partition coefficient (Wildman–Crippen LogP) is 4.36. The van der Waals surface area contributed by atoms with Crippen LogP contribution in [0.15, 0.2) is 90.4 Å². The molecule has 0 aliphatic heterocycles. The molecule has 4 aromatic rings. The lowest BCUT2D eigenvalue weighted by atomic mass is 10.1. The number of benzene rings is 3. The van der Waals surface area contributed by atoms with Crippen LogP contribution in [-0.4, -0.2) is 17.1 Å². The third kappa shape index (κ3) is 3.75. The zero-order chi connectivity index (χ0) is 20.2. The van der Waals surface area contributed by atoms with Crippen molar-refractivity contribution < 1.29 is 9.53 Å². The topological polar surface area (TPSA) is 60.3 Å². The van der Waals surface area contributed by atoms with Crippen molar-refractivity contribution in [3.05, 3.63) is 95.9 Å². The first-order valence-corrected chi connectivity index (χ1v) is 9.31. The van der Waals surface area contributed by atoms with Crippen molar-refractivity contribution in [3.63, 3.8) is 0 Å². The summed E-state index contributed by atoms with van der Waals surface area (Å²) in [5.41, 5.74) is 0.620. The van der Waals surface area contributed by atoms with Gasteiger partial charge >= 0.3 is 0 Å². The van der Waals surface area contributed by atoms with Gasteiger partial charge in [0.15, 0.2) is 6.61 Å². The molecule has 4 rings (SSSR count). The molecule has 0 unspecified atom stereocenters. The zero-order valence-corrected chi connectivity index (χ0v) is 15.8. The maximum Gasteiger partial charge on any atom is 0.262 e. The minimum absolute atomic E-state index is 0.118. The van der Waals surface area contributed by atoms with E-state index in [-0.39, 0.29) is 18.1 Å². The monoisotopic (exact) mass is 384 g/mol. The van der Waals surface area contributed by atoms with Crippen LogP contribution in [0.1, 0.15) is 0 Å². The maximum atomic E-state index is 12.6. The molecule has 3 aromatic carbocycles. The number of anilines is 1. The Morgan fingerprint density at radius 3 is 2.59 bits per heavy atom. The van der Waals surface area contributed by atoms with Gasteiger partial charge in [0.25, 0.3) is 11.5 Å². The van der Waals surface area contributed by atoms with E-state index < -0.39 is 0 Å². The van der Waals surface area contributed by atoms with Crippen LogP contribution in [-0.2, 0) is 11.3 Å². The average Bonchev–Trinajstić information content (AvgIpc) is 2.75. The number of hydrogen-bond acceptors (Lipinski definition) is 3. The number of allylic oxidation sites excluding steroid dienone is 1. The molecule has 1 heterocycles. The first-order chi connectivity index (χ1) is 14.2. The number of rotatable bonds is 6. The highest BCUT2D eigenvalue weighted by Gasteiger charge is 2.10. The molecule has 0 spiro atoms. The second-order valence-electron chi connectivity index (χ2n) is 6.64. The Balaban J connectivity index is 1.53. The Morgan fingerprint density at radius 2 is 1.72 bits per heavy atom. The Kier molecular flexibility index (Phi) is 5.12. The van der Waals surface area contributed by atoms with Gasteiger partial charge in [0.05, 0.1) is 5.39 Å². The Morgan fingerprint density at radius 1 is 0.966 bits per heavy atom.